The van der Waals surface area contributed by atoms with Crippen LogP contribution in [0.25, 0.3) is 16.9 Å². The van der Waals surface area contributed by atoms with Gasteiger partial charge >= 0.3 is 0 Å². The van der Waals surface area contributed by atoms with Gasteiger partial charge in [-0.3, -0.25) is 24.0 Å². The average Bonchev–Trinajstić information content (AvgIpc) is 3.78. The van der Waals surface area contributed by atoms with E-state index in [0.717, 1.165) is 24.2 Å². The molecule has 2 saturated carbocycles. The van der Waals surface area contributed by atoms with Crippen molar-refractivity contribution < 1.29 is 14.0 Å². The van der Waals surface area contributed by atoms with Crippen LogP contribution < -0.4 is 0 Å². The van der Waals surface area contributed by atoms with Crippen LogP contribution in [0.5, 0.6) is 0 Å². The first-order chi connectivity index (χ1) is 17.5. The Morgan fingerprint density at radius 2 is 1.92 bits per heavy atom. The van der Waals surface area contributed by atoms with E-state index in [9.17, 15) is 9.59 Å². The van der Waals surface area contributed by atoms with Crippen molar-refractivity contribution in [3.63, 3.8) is 0 Å². The van der Waals surface area contributed by atoms with Crippen LogP contribution in [0.4, 0.5) is 4.39 Å². The number of halogens is 1. The van der Waals surface area contributed by atoms with E-state index in [4.69, 9.17) is 4.99 Å². The number of benzene rings is 1. The molecule has 3 fully saturated rings. The molecule has 7 rings (SSSR count). The first kappa shape index (κ1) is 21.4. The first-order valence-corrected chi connectivity index (χ1v) is 12.5. The van der Waals surface area contributed by atoms with Gasteiger partial charge in [0, 0.05) is 55.6 Å². The van der Waals surface area contributed by atoms with Gasteiger partial charge in [0.15, 0.2) is 0 Å². The minimum Gasteiger partial charge on any atom is -0.342 e. The summed E-state index contributed by atoms with van der Waals surface area (Å²) in [5, 5.41) is 0. The number of aliphatic imine (C=N–C) groups is 1. The third-order valence-electron chi connectivity index (χ3n) is 7.64. The van der Waals surface area contributed by atoms with Gasteiger partial charge in [0.2, 0.25) is 5.91 Å². The predicted molar refractivity (Wildman–Crippen MR) is 130 cm³/mol. The van der Waals surface area contributed by atoms with Crippen molar-refractivity contribution in [2.24, 2.45) is 16.8 Å². The molecular weight excluding hydrogens is 459 g/mol. The minimum absolute atomic E-state index is 0.0350. The monoisotopic (exact) mass is 484 g/mol. The number of aromatic nitrogens is 3. The molecule has 0 N–H and O–H groups in total. The molecule has 1 saturated heterocycles. The number of rotatable bonds is 6. The Hall–Kier alpha value is -3.88. The second-order valence-electron chi connectivity index (χ2n) is 10.3. The molecule has 2 aromatic heterocycles. The number of pyridine rings is 1. The normalized spacial score (nSPS) is 20.6. The lowest BCUT2D eigenvalue weighted by atomic mass is 9.97. The van der Waals surface area contributed by atoms with Gasteiger partial charge in [-0.05, 0) is 55.5 Å². The molecule has 3 aromatic rings. The van der Waals surface area contributed by atoms with Gasteiger partial charge in [-0.15, -0.1) is 0 Å². The molecule has 0 unspecified atom stereocenters. The second kappa shape index (κ2) is 7.81. The van der Waals surface area contributed by atoms with Gasteiger partial charge in [0.1, 0.15) is 29.3 Å². The fourth-order valence-electron chi connectivity index (χ4n) is 5.17. The molecule has 4 aliphatic rings. The van der Waals surface area contributed by atoms with Crippen molar-refractivity contribution in [2.45, 2.75) is 31.2 Å². The number of hydrogen-bond donors (Lipinski definition) is 0. The summed E-state index contributed by atoms with van der Waals surface area (Å²) in [7, 11) is 0. The van der Waals surface area contributed by atoms with Gasteiger partial charge < -0.3 is 4.90 Å². The number of hydrogen-bond acceptors (Lipinski definition) is 5. The van der Waals surface area contributed by atoms with Gasteiger partial charge in [-0.25, -0.2) is 14.4 Å². The number of imidazole rings is 1. The van der Waals surface area contributed by atoms with Crippen molar-refractivity contribution in [3.05, 3.63) is 66.6 Å². The number of likely N-dealkylation sites (tertiary alicyclic amines) is 1. The van der Waals surface area contributed by atoms with Gasteiger partial charge in [-0.2, -0.15) is 0 Å². The summed E-state index contributed by atoms with van der Waals surface area (Å²) in [6.45, 7) is 1.78. The number of carbonyl (C=O) groups excluding carboxylic acids is 2. The van der Waals surface area contributed by atoms with Gasteiger partial charge in [0.05, 0.1) is 5.56 Å². The van der Waals surface area contributed by atoms with E-state index in [2.05, 4.69) is 9.97 Å². The van der Waals surface area contributed by atoms with Gasteiger partial charge in [-0.1, -0.05) is 6.07 Å². The lowest BCUT2D eigenvalue weighted by molar-refractivity contribution is -0.139. The van der Waals surface area contributed by atoms with Crippen LogP contribution in [0.3, 0.4) is 0 Å². The van der Waals surface area contributed by atoms with Crippen LogP contribution in [0.2, 0.25) is 0 Å². The Morgan fingerprint density at radius 3 is 2.56 bits per heavy atom. The molecule has 1 aromatic carbocycles. The van der Waals surface area contributed by atoms with Crippen LogP contribution in [-0.2, 0) is 9.59 Å². The summed E-state index contributed by atoms with van der Waals surface area (Å²) in [6.07, 6.45) is 10.3. The summed E-state index contributed by atoms with van der Waals surface area (Å²) in [6, 6.07) is 8.78. The Morgan fingerprint density at radius 1 is 1.11 bits per heavy atom. The zero-order valence-electron chi connectivity index (χ0n) is 19.7. The summed E-state index contributed by atoms with van der Waals surface area (Å²) in [4.78, 5) is 42.2. The summed E-state index contributed by atoms with van der Waals surface area (Å²) in [5.41, 5.74) is 1.12. The van der Waals surface area contributed by atoms with Crippen LogP contribution in [0, 0.1) is 17.7 Å². The van der Waals surface area contributed by atoms with Crippen LogP contribution >= 0.6 is 0 Å². The fraction of sp³-hybridized carbons (Fsp3) is 0.370. The van der Waals surface area contributed by atoms with E-state index in [0.29, 0.717) is 49.4 Å². The van der Waals surface area contributed by atoms with E-state index in [1.54, 1.807) is 34.3 Å². The van der Waals surface area contributed by atoms with E-state index < -0.39 is 11.4 Å². The molecule has 0 atom stereocenters. The summed E-state index contributed by atoms with van der Waals surface area (Å²) >= 11 is 0. The quantitative estimate of drug-likeness (QED) is 0.538. The number of amides is 2. The standard InChI is InChI=1S/C27H25FN6O2/c28-22-11-19(20-4-6-23(30-12-20)32-10-9-29-16-32)3-5-21(22)24-31-27(7-8-27)26(36)34(24)15-17-13-33(14-17)25(35)18-1-2-18/h3-6,9-12,16-18H,1-2,7-8,13-15H2. The van der Waals surface area contributed by atoms with E-state index in [1.807, 2.05) is 29.3 Å². The first-order valence-electron chi connectivity index (χ1n) is 12.5. The average molecular weight is 485 g/mol. The molecule has 9 heteroatoms. The lowest BCUT2D eigenvalue weighted by Crippen LogP contribution is -2.55. The molecular formula is C27H25FN6O2. The predicted octanol–water partition coefficient (Wildman–Crippen LogP) is 3.06. The highest BCUT2D eigenvalue weighted by Gasteiger charge is 2.58. The molecule has 2 aliphatic carbocycles. The fourth-order valence-corrected chi connectivity index (χ4v) is 5.17. The van der Waals surface area contributed by atoms with Crippen molar-refractivity contribution in [3.8, 4) is 16.9 Å². The molecule has 1 spiro atoms. The number of carbonyl (C=O) groups is 2. The van der Waals surface area contributed by atoms with E-state index >= 15 is 4.39 Å². The topological polar surface area (TPSA) is 83.7 Å². The maximum Gasteiger partial charge on any atom is 0.256 e. The maximum atomic E-state index is 15.5. The van der Waals surface area contributed by atoms with Crippen molar-refractivity contribution >= 4 is 17.6 Å². The van der Waals surface area contributed by atoms with E-state index in [1.165, 1.54) is 6.07 Å². The Kier molecular flexibility index (Phi) is 4.64. The molecule has 0 radical (unpaired) electrons. The van der Waals surface area contributed by atoms with Crippen LogP contribution in [-0.4, -0.2) is 67.2 Å². The van der Waals surface area contributed by atoms with Crippen LogP contribution in [0.1, 0.15) is 31.2 Å². The molecule has 2 amide bonds. The number of amidine groups is 1. The second-order valence-corrected chi connectivity index (χ2v) is 10.3. The molecule has 4 heterocycles. The highest BCUT2D eigenvalue weighted by Crippen LogP contribution is 2.46. The summed E-state index contributed by atoms with van der Waals surface area (Å²) < 4.78 is 17.3. The zero-order valence-corrected chi connectivity index (χ0v) is 19.7. The van der Waals surface area contributed by atoms with Crippen LogP contribution in [0.15, 0.2) is 60.2 Å². The smallest absolute Gasteiger partial charge is 0.256 e. The Bertz CT molecular complexity index is 1390. The van der Waals surface area contributed by atoms with Crippen molar-refractivity contribution in [1.29, 1.82) is 0 Å². The SMILES string of the molecule is O=C(C1CC1)N1CC(CN2C(=O)C3(CC3)N=C2c2ccc(-c3ccc(-n4ccnc4)nc3)cc2F)C1. The van der Waals surface area contributed by atoms with Crippen molar-refractivity contribution in [2.75, 3.05) is 19.6 Å². The Labute approximate surface area is 207 Å². The minimum atomic E-state index is -0.708. The van der Waals surface area contributed by atoms with Gasteiger partial charge in [0.25, 0.3) is 5.91 Å². The molecule has 36 heavy (non-hydrogen) atoms. The Balaban J connectivity index is 1.11. The van der Waals surface area contributed by atoms with Crippen molar-refractivity contribution in [1.82, 2.24) is 24.3 Å². The zero-order chi connectivity index (χ0) is 24.4. The third kappa shape index (κ3) is 3.53. The lowest BCUT2D eigenvalue weighted by Gasteiger charge is -2.41. The maximum absolute atomic E-state index is 15.5. The highest BCUT2D eigenvalue weighted by atomic mass is 19.1. The van der Waals surface area contributed by atoms with E-state index in [-0.39, 0.29) is 23.7 Å². The largest absolute Gasteiger partial charge is 0.342 e. The summed E-state index contributed by atoms with van der Waals surface area (Å²) in [5.74, 6) is 1.33. The molecule has 182 valence electrons. The third-order valence-corrected chi connectivity index (χ3v) is 7.64. The highest BCUT2D eigenvalue weighted by molar-refractivity contribution is 6.16. The molecule has 2 aliphatic heterocycles. The molecule has 8 nitrogen and oxygen atoms in total. The number of nitrogens with zero attached hydrogens (tertiary/aromatic N) is 6. The molecule has 0 bridgehead atoms.